The molecule has 0 saturated carbocycles. The summed E-state index contributed by atoms with van der Waals surface area (Å²) < 4.78 is 11.6. The Bertz CT molecular complexity index is 4230. The molecule has 14 rings (SSSR count). The Balaban J connectivity index is 1.01. The summed E-state index contributed by atoms with van der Waals surface area (Å²) in [7, 11) is 0. The number of nitrogens with zero attached hydrogens (tertiary/aromatic N) is 2. The first-order valence-corrected chi connectivity index (χ1v) is 24.0. The van der Waals surface area contributed by atoms with Gasteiger partial charge in [0, 0.05) is 69.9 Å². The molecule has 0 radical (unpaired) electrons. The molecule has 0 unspecified atom stereocenters. The lowest BCUT2D eigenvalue weighted by molar-refractivity contribution is 0.670. The first-order chi connectivity index (χ1) is 33.7. The van der Waals surface area contributed by atoms with Gasteiger partial charge in [0.05, 0.1) is 16.7 Å². The average Bonchev–Trinajstić information content (AvgIpc) is 4.09. The number of thiophene rings is 1. The molecule has 4 heteroatoms. The van der Waals surface area contributed by atoms with Gasteiger partial charge in [-0.25, -0.2) is 0 Å². The van der Waals surface area contributed by atoms with Crippen molar-refractivity contribution in [3.05, 3.63) is 243 Å². The lowest BCUT2D eigenvalue weighted by Gasteiger charge is -2.29. The first-order valence-electron chi connectivity index (χ1n) is 23.2. The van der Waals surface area contributed by atoms with E-state index in [4.69, 9.17) is 4.42 Å². The van der Waals surface area contributed by atoms with E-state index in [1.165, 1.54) is 69.4 Å². The fourth-order valence-corrected chi connectivity index (χ4v) is 11.9. The van der Waals surface area contributed by atoms with E-state index in [9.17, 15) is 0 Å². The van der Waals surface area contributed by atoms with Gasteiger partial charge >= 0.3 is 0 Å². The molecule has 3 heterocycles. The van der Waals surface area contributed by atoms with Crippen LogP contribution in [0.2, 0.25) is 0 Å². The largest absolute Gasteiger partial charge is 0.455 e. The summed E-state index contributed by atoms with van der Waals surface area (Å²) in [6.07, 6.45) is 0. The number of hydrogen-bond donors (Lipinski definition) is 0. The lowest BCUT2D eigenvalue weighted by atomic mass is 9.97. The minimum Gasteiger partial charge on any atom is -0.455 e. The van der Waals surface area contributed by atoms with Crippen LogP contribution in [0.4, 0.5) is 17.1 Å². The van der Waals surface area contributed by atoms with E-state index in [2.05, 4.69) is 246 Å². The maximum atomic E-state index is 6.62. The van der Waals surface area contributed by atoms with Gasteiger partial charge < -0.3 is 13.9 Å². The van der Waals surface area contributed by atoms with Crippen molar-refractivity contribution in [2.75, 3.05) is 4.90 Å². The van der Waals surface area contributed by atoms with Crippen LogP contribution in [0.1, 0.15) is 0 Å². The van der Waals surface area contributed by atoms with Crippen molar-refractivity contribution in [2.24, 2.45) is 0 Å². The van der Waals surface area contributed by atoms with Crippen LogP contribution in [-0.4, -0.2) is 4.57 Å². The molecule has 0 amide bonds. The molecule has 3 aromatic heterocycles. The van der Waals surface area contributed by atoms with Crippen molar-refractivity contribution in [3.8, 4) is 39.1 Å². The van der Waals surface area contributed by atoms with Crippen molar-refractivity contribution in [3.63, 3.8) is 0 Å². The maximum absolute atomic E-state index is 6.62. The molecule has 0 saturated heterocycles. The Kier molecular flexibility index (Phi) is 8.76. The van der Waals surface area contributed by atoms with Gasteiger partial charge in [-0.2, -0.15) is 0 Å². The summed E-state index contributed by atoms with van der Waals surface area (Å²) in [5.74, 6) is 0. The highest BCUT2D eigenvalue weighted by Crippen LogP contribution is 2.50. The quantitative estimate of drug-likeness (QED) is 0.159. The normalized spacial score (nSPS) is 11.8. The second kappa shape index (κ2) is 15.5. The second-order valence-electron chi connectivity index (χ2n) is 17.6. The highest BCUT2D eigenvalue weighted by Gasteiger charge is 2.24. The molecule has 0 atom stereocenters. The molecule has 0 bridgehead atoms. The highest BCUT2D eigenvalue weighted by molar-refractivity contribution is 7.26. The zero-order valence-corrected chi connectivity index (χ0v) is 37.6. The lowest BCUT2D eigenvalue weighted by Crippen LogP contribution is -2.11. The molecule has 11 aromatic carbocycles. The van der Waals surface area contributed by atoms with E-state index >= 15 is 0 Å². The number of fused-ring (bicyclic) bond motifs is 10. The van der Waals surface area contributed by atoms with E-state index in [0.29, 0.717) is 0 Å². The third-order valence-electron chi connectivity index (χ3n) is 13.8. The summed E-state index contributed by atoms with van der Waals surface area (Å²) in [6, 6.07) is 88.4. The van der Waals surface area contributed by atoms with Gasteiger partial charge in [-0.1, -0.05) is 170 Å². The van der Waals surface area contributed by atoms with Crippen LogP contribution >= 0.6 is 11.3 Å². The van der Waals surface area contributed by atoms with Crippen LogP contribution < -0.4 is 4.90 Å². The Morgan fingerprint density at radius 2 is 1.04 bits per heavy atom. The Morgan fingerprint density at radius 3 is 1.88 bits per heavy atom. The molecule has 68 heavy (non-hydrogen) atoms. The van der Waals surface area contributed by atoms with Gasteiger partial charge in [-0.05, 0) is 106 Å². The third kappa shape index (κ3) is 6.12. The topological polar surface area (TPSA) is 21.3 Å². The summed E-state index contributed by atoms with van der Waals surface area (Å²) in [4.78, 5) is 2.46. The minimum atomic E-state index is 0.892. The zero-order chi connectivity index (χ0) is 44.7. The van der Waals surface area contributed by atoms with Gasteiger partial charge in [-0.15, -0.1) is 11.3 Å². The van der Waals surface area contributed by atoms with Crippen molar-refractivity contribution >= 4 is 103 Å². The van der Waals surface area contributed by atoms with E-state index in [-0.39, 0.29) is 0 Å². The predicted molar refractivity (Wildman–Crippen MR) is 289 cm³/mol. The fraction of sp³-hybridized carbons (Fsp3) is 0. The highest BCUT2D eigenvalue weighted by atomic mass is 32.1. The van der Waals surface area contributed by atoms with Crippen molar-refractivity contribution in [1.82, 2.24) is 4.57 Å². The number of hydrogen-bond acceptors (Lipinski definition) is 3. The summed E-state index contributed by atoms with van der Waals surface area (Å²) >= 11 is 1.87. The van der Waals surface area contributed by atoms with Crippen molar-refractivity contribution in [1.29, 1.82) is 0 Å². The van der Waals surface area contributed by atoms with Gasteiger partial charge in [-0.3, -0.25) is 0 Å². The average molecular weight is 885 g/mol. The molecule has 0 spiro atoms. The van der Waals surface area contributed by atoms with E-state index in [1.807, 2.05) is 17.4 Å². The number of rotatable bonds is 7. The van der Waals surface area contributed by atoms with E-state index in [1.54, 1.807) is 0 Å². The van der Waals surface area contributed by atoms with Crippen LogP contribution in [0.5, 0.6) is 0 Å². The number of anilines is 3. The van der Waals surface area contributed by atoms with Crippen LogP contribution in [0.25, 0.3) is 114 Å². The molecule has 0 N–H and O–H groups in total. The van der Waals surface area contributed by atoms with E-state index < -0.39 is 0 Å². The molecule has 0 aliphatic rings. The van der Waals surface area contributed by atoms with Crippen LogP contribution in [0, 0.1) is 0 Å². The van der Waals surface area contributed by atoms with Gasteiger partial charge in [0.25, 0.3) is 0 Å². The standard InChI is InChI=1S/C64H40N2OS/c1-2-15-43-38-44(31-30-41(43)14-1)42-32-34-47(35-33-42)65(48-18-11-16-45(39-48)50-24-13-25-55-53-22-5-9-28-60(53)67-63(50)55)59-37-36-56-54-23-6-10-29-61(54)68-64(56)62(59)46-17-12-19-49(40-46)66-57-26-7-3-20-51(57)52-21-4-8-27-58(52)66/h1-40H. The molecule has 0 fully saturated rings. The third-order valence-corrected chi connectivity index (χ3v) is 15.0. The fourth-order valence-electron chi connectivity index (χ4n) is 10.6. The van der Waals surface area contributed by atoms with Crippen LogP contribution in [-0.2, 0) is 0 Å². The minimum absolute atomic E-state index is 0.892. The predicted octanol–water partition coefficient (Wildman–Crippen LogP) is 18.7. The smallest absolute Gasteiger partial charge is 0.143 e. The summed E-state index contributed by atoms with van der Waals surface area (Å²) in [5.41, 5.74) is 15.4. The zero-order valence-electron chi connectivity index (χ0n) is 36.8. The number of benzene rings is 11. The first kappa shape index (κ1) is 38.6. The SMILES string of the molecule is c1cc(-c2cccc3c2oc2ccccc23)cc(N(c2ccc(-c3ccc4ccccc4c3)cc2)c2ccc3c(sc4ccccc43)c2-c2cccc(-n3c4ccccc4c4ccccc43)c2)c1. The molecular formula is C64H40N2OS. The Labute approximate surface area is 396 Å². The van der Waals surface area contributed by atoms with Gasteiger partial charge in [0.1, 0.15) is 11.2 Å². The number of furan rings is 1. The number of aromatic nitrogens is 1. The molecule has 14 aromatic rings. The van der Waals surface area contributed by atoms with Crippen molar-refractivity contribution in [2.45, 2.75) is 0 Å². The Morgan fingerprint density at radius 1 is 0.382 bits per heavy atom. The Hall–Kier alpha value is -8.70. The summed E-state index contributed by atoms with van der Waals surface area (Å²) in [6.45, 7) is 0. The van der Waals surface area contributed by atoms with Crippen LogP contribution in [0.3, 0.4) is 0 Å². The molecule has 318 valence electrons. The molecule has 0 aliphatic carbocycles. The van der Waals surface area contributed by atoms with Gasteiger partial charge in [0.15, 0.2) is 0 Å². The summed E-state index contributed by atoms with van der Waals surface area (Å²) in [5, 5.41) is 9.73. The van der Waals surface area contributed by atoms with Gasteiger partial charge in [0.2, 0.25) is 0 Å². The molecule has 3 nitrogen and oxygen atoms in total. The van der Waals surface area contributed by atoms with Crippen LogP contribution in [0.15, 0.2) is 247 Å². The molecule has 0 aliphatic heterocycles. The monoisotopic (exact) mass is 884 g/mol. The maximum Gasteiger partial charge on any atom is 0.143 e. The second-order valence-corrected chi connectivity index (χ2v) is 18.7. The number of para-hydroxylation sites is 4. The van der Waals surface area contributed by atoms with E-state index in [0.717, 1.165) is 61.4 Å². The molecular weight excluding hydrogens is 845 g/mol. The van der Waals surface area contributed by atoms with Crippen molar-refractivity contribution < 1.29 is 4.42 Å².